The smallest absolute Gasteiger partial charge is 0.422 e. The van der Waals surface area contributed by atoms with Gasteiger partial charge in [0.15, 0.2) is 0 Å². The lowest BCUT2D eigenvalue weighted by atomic mass is 9.98. The minimum atomic E-state index is -5.20. The van der Waals surface area contributed by atoms with Crippen molar-refractivity contribution in [3.05, 3.63) is 113 Å². The molecule has 0 saturated carbocycles. The van der Waals surface area contributed by atoms with Gasteiger partial charge in [0.25, 0.3) is 0 Å². The zero-order valence-corrected chi connectivity index (χ0v) is 19.2. The lowest BCUT2D eigenvalue weighted by Gasteiger charge is -2.11. The van der Waals surface area contributed by atoms with Gasteiger partial charge >= 0.3 is 12.1 Å². The zero-order valence-electron chi connectivity index (χ0n) is 19.2. The first-order chi connectivity index (χ1) is 17.2. The molecule has 4 aromatic rings. The molecule has 0 saturated heterocycles. The fourth-order valence-corrected chi connectivity index (χ4v) is 3.85. The molecule has 0 radical (unpaired) electrons. The molecular formula is C29H21F5O2. The van der Waals surface area contributed by atoms with Crippen LogP contribution in [0.25, 0.3) is 22.3 Å². The Labute approximate surface area is 205 Å². The van der Waals surface area contributed by atoms with Crippen molar-refractivity contribution in [3.63, 3.8) is 0 Å². The van der Waals surface area contributed by atoms with Crippen molar-refractivity contribution in [2.75, 3.05) is 0 Å². The average molecular weight is 496 g/mol. The predicted octanol–water partition coefficient (Wildman–Crippen LogP) is 8.49. The number of hydrogen-bond donors (Lipinski definition) is 0. The number of ether oxygens (including phenoxy) is 1. The summed E-state index contributed by atoms with van der Waals surface area (Å²) >= 11 is 0. The van der Waals surface area contributed by atoms with E-state index >= 15 is 0 Å². The Morgan fingerprint density at radius 3 is 1.56 bits per heavy atom. The molecule has 0 unspecified atom stereocenters. The Hall–Kier alpha value is -4.00. The first-order valence-electron chi connectivity index (χ1n) is 11.2. The summed E-state index contributed by atoms with van der Waals surface area (Å²) in [6.07, 6.45) is -3.07. The number of carbonyl (C=O) groups is 1. The molecule has 2 nitrogen and oxygen atoms in total. The number of carbonyl (C=O) groups excluding carboxylic acids is 1. The lowest BCUT2D eigenvalue weighted by molar-refractivity contribution is -0.142. The topological polar surface area (TPSA) is 26.3 Å². The summed E-state index contributed by atoms with van der Waals surface area (Å²) in [6, 6.07) is 23.3. The second-order valence-corrected chi connectivity index (χ2v) is 8.25. The van der Waals surface area contributed by atoms with Crippen molar-refractivity contribution in [2.45, 2.75) is 25.9 Å². The van der Waals surface area contributed by atoms with E-state index in [0.717, 1.165) is 35.1 Å². The van der Waals surface area contributed by atoms with Crippen LogP contribution in [-0.4, -0.2) is 5.97 Å². The molecule has 0 aliphatic rings. The fourth-order valence-electron chi connectivity index (χ4n) is 3.85. The maximum absolute atomic E-state index is 13.7. The quantitative estimate of drug-likeness (QED) is 0.152. The van der Waals surface area contributed by atoms with E-state index in [0.29, 0.717) is 12.1 Å². The maximum atomic E-state index is 13.7. The highest BCUT2D eigenvalue weighted by atomic mass is 19.4. The van der Waals surface area contributed by atoms with Crippen LogP contribution in [0, 0.1) is 11.6 Å². The predicted molar refractivity (Wildman–Crippen MR) is 128 cm³/mol. The van der Waals surface area contributed by atoms with Crippen molar-refractivity contribution in [1.82, 2.24) is 0 Å². The fraction of sp³-hybridized carbons (Fsp3) is 0.138. The van der Waals surface area contributed by atoms with Crippen LogP contribution in [0.5, 0.6) is 5.75 Å². The number of benzene rings is 4. The van der Waals surface area contributed by atoms with Gasteiger partial charge in [-0.1, -0.05) is 74.0 Å². The first-order valence-corrected chi connectivity index (χ1v) is 11.2. The summed E-state index contributed by atoms with van der Waals surface area (Å²) in [4.78, 5) is 12.3. The highest BCUT2D eigenvalue weighted by Gasteiger charge is 2.38. The van der Waals surface area contributed by atoms with Crippen molar-refractivity contribution in [1.29, 1.82) is 0 Å². The Kier molecular flexibility index (Phi) is 7.20. The summed E-state index contributed by atoms with van der Waals surface area (Å²) in [5, 5.41) is 0. The molecule has 7 heteroatoms. The van der Waals surface area contributed by atoms with Gasteiger partial charge in [-0.2, -0.15) is 13.2 Å². The molecule has 0 atom stereocenters. The molecule has 0 fully saturated rings. The molecule has 0 aliphatic heterocycles. The highest BCUT2D eigenvalue weighted by Crippen LogP contribution is 2.35. The number of rotatable bonds is 6. The van der Waals surface area contributed by atoms with Crippen LogP contribution in [-0.2, 0) is 12.6 Å². The van der Waals surface area contributed by atoms with E-state index in [1.165, 1.54) is 17.7 Å². The average Bonchev–Trinajstić information content (AvgIpc) is 2.84. The second kappa shape index (κ2) is 10.3. The third-order valence-corrected chi connectivity index (χ3v) is 5.67. The summed E-state index contributed by atoms with van der Waals surface area (Å²) in [5.74, 6) is -5.34. The van der Waals surface area contributed by atoms with Gasteiger partial charge in [0.1, 0.15) is 22.9 Å². The van der Waals surface area contributed by atoms with E-state index in [1.807, 2.05) is 24.3 Å². The van der Waals surface area contributed by atoms with Gasteiger partial charge in [0.05, 0.1) is 5.56 Å². The number of halogens is 5. The Morgan fingerprint density at radius 2 is 1.14 bits per heavy atom. The Balaban J connectivity index is 1.46. The third-order valence-electron chi connectivity index (χ3n) is 5.67. The van der Waals surface area contributed by atoms with E-state index in [9.17, 15) is 26.7 Å². The van der Waals surface area contributed by atoms with Crippen LogP contribution in [0.2, 0.25) is 0 Å². The van der Waals surface area contributed by atoms with Gasteiger partial charge in [0.2, 0.25) is 0 Å². The van der Waals surface area contributed by atoms with E-state index in [4.69, 9.17) is 4.74 Å². The molecule has 0 N–H and O–H groups in total. The third kappa shape index (κ3) is 5.62. The Bertz CT molecular complexity index is 1330. The van der Waals surface area contributed by atoms with Crippen molar-refractivity contribution in [2.24, 2.45) is 0 Å². The van der Waals surface area contributed by atoms with E-state index in [1.54, 1.807) is 12.1 Å². The van der Waals surface area contributed by atoms with Gasteiger partial charge < -0.3 is 4.74 Å². The molecular weight excluding hydrogens is 475 g/mol. The number of esters is 1. The molecule has 0 aliphatic carbocycles. The molecule has 0 aromatic heterocycles. The minimum Gasteiger partial charge on any atom is -0.423 e. The van der Waals surface area contributed by atoms with Gasteiger partial charge in [-0.3, -0.25) is 0 Å². The molecule has 36 heavy (non-hydrogen) atoms. The van der Waals surface area contributed by atoms with Crippen LogP contribution < -0.4 is 4.74 Å². The van der Waals surface area contributed by atoms with Crippen LogP contribution >= 0.6 is 0 Å². The van der Waals surface area contributed by atoms with E-state index < -0.39 is 35.1 Å². The van der Waals surface area contributed by atoms with Gasteiger partial charge in [0, 0.05) is 12.1 Å². The first kappa shape index (κ1) is 25.1. The summed E-state index contributed by atoms with van der Waals surface area (Å²) < 4.78 is 70.5. The van der Waals surface area contributed by atoms with E-state index in [-0.39, 0.29) is 5.56 Å². The van der Waals surface area contributed by atoms with Crippen molar-refractivity contribution >= 4 is 5.97 Å². The highest BCUT2D eigenvalue weighted by molar-refractivity contribution is 5.91. The number of aryl methyl sites for hydroxylation is 1. The molecule has 0 spiro atoms. The lowest BCUT2D eigenvalue weighted by Crippen LogP contribution is -2.13. The SMILES string of the molecule is CCCc1ccc(-c2ccc(-c3ccc(C(=O)Oc4cc(F)c(C(F)(F)F)c(F)c4)cc3)cc2)cc1. The molecule has 184 valence electrons. The van der Waals surface area contributed by atoms with Crippen LogP contribution in [0.1, 0.15) is 34.8 Å². The summed E-state index contributed by atoms with van der Waals surface area (Å²) in [5.41, 5.74) is 3.24. The second-order valence-electron chi connectivity index (χ2n) is 8.25. The molecule has 4 rings (SSSR count). The monoisotopic (exact) mass is 496 g/mol. The van der Waals surface area contributed by atoms with Gasteiger partial charge in [-0.15, -0.1) is 0 Å². The zero-order chi connectivity index (χ0) is 25.9. The van der Waals surface area contributed by atoms with E-state index in [2.05, 4.69) is 31.2 Å². The molecule has 0 amide bonds. The standard InChI is InChI=1S/C29H21F5O2/c1-2-3-18-4-6-19(7-5-18)20-8-10-21(11-9-20)22-12-14-23(15-13-22)28(35)36-24-16-25(30)27(26(31)17-24)29(32,33)34/h4-17H,2-3H2,1H3. The molecule has 4 aromatic carbocycles. The van der Waals surface area contributed by atoms with Crippen molar-refractivity contribution in [3.8, 4) is 28.0 Å². The Morgan fingerprint density at radius 1 is 0.722 bits per heavy atom. The normalized spacial score (nSPS) is 11.4. The number of alkyl halides is 3. The molecule has 0 bridgehead atoms. The maximum Gasteiger partial charge on any atom is 0.422 e. The van der Waals surface area contributed by atoms with Gasteiger partial charge in [-0.05, 0) is 46.4 Å². The van der Waals surface area contributed by atoms with Crippen LogP contribution in [0.4, 0.5) is 22.0 Å². The van der Waals surface area contributed by atoms with Crippen LogP contribution in [0.15, 0.2) is 84.9 Å². The van der Waals surface area contributed by atoms with Crippen molar-refractivity contribution < 1.29 is 31.5 Å². The largest absolute Gasteiger partial charge is 0.423 e. The van der Waals surface area contributed by atoms with Crippen LogP contribution in [0.3, 0.4) is 0 Å². The number of hydrogen-bond acceptors (Lipinski definition) is 2. The summed E-state index contributed by atoms with van der Waals surface area (Å²) in [7, 11) is 0. The molecule has 0 heterocycles. The minimum absolute atomic E-state index is 0.0725. The van der Waals surface area contributed by atoms with Gasteiger partial charge in [-0.25, -0.2) is 13.6 Å². The summed E-state index contributed by atoms with van der Waals surface area (Å²) in [6.45, 7) is 2.14.